The molecule has 2 heterocycles. The van der Waals surface area contributed by atoms with Crippen LogP contribution in [0, 0.1) is 5.82 Å². The van der Waals surface area contributed by atoms with Gasteiger partial charge < -0.3 is 25.2 Å². The molecule has 6 amide bonds. The number of hydrogen-bond acceptors (Lipinski definition) is 6. The van der Waals surface area contributed by atoms with Gasteiger partial charge in [-0.15, -0.1) is 0 Å². The summed E-state index contributed by atoms with van der Waals surface area (Å²) in [6.45, 7) is 1.87. The van der Waals surface area contributed by atoms with Crippen molar-refractivity contribution in [1.29, 1.82) is 0 Å². The number of fused-ring (bicyclic) bond motifs is 2. The molecule has 2 aliphatic heterocycles. The summed E-state index contributed by atoms with van der Waals surface area (Å²) >= 11 is 0. The number of halogens is 1. The van der Waals surface area contributed by atoms with E-state index < -0.39 is 35.9 Å². The van der Waals surface area contributed by atoms with Crippen molar-refractivity contribution >= 4 is 35.5 Å². The van der Waals surface area contributed by atoms with Gasteiger partial charge in [0.2, 0.25) is 17.4 Å². The van der Waals surface area contributed by atoms with Crippen LogP contribution in [0.2, 0.25) is 0 Å². The molecule has 2 aromatic carbocycles. The summed E-state index contributed by atoms with van der Waals surface area (Å²) in [6, 6.07) is 10.0. The molecule has 3 aliphatic rings. The lowest BCUT2D eigenvalue weighted by Crippen LogP contribution is -2.48. The molecule has 0 bridgehead atoms. The summed E-state index contributed by atoms with van der Waals surface area (Å²) in [5.74, 6) is -1.61. The van der Waals surface area contributed by atoms with Gasteiger partial charge >= 0.3 is 12.1 Å². The molecule has 0 radical (unpaired) electrons. The average molecular weight is 552 g/mol. The van der Waals surface area contributed by atoms with Crippen molar-refractivity contribution in [2.45, 2.75) is 44.4 Å². The number of nitrogens with zero attached hydrogens (tertiary/aromatic N) is 3. The van der Waals surface area contributed by atoms with Crippen molar-refractivity contribution in [1.82, 2.24) is 20.0 Å². The molecule has 2 atom stereocenters. The molecule has 5 rings (SSSR count). The maximum Gasteiger partial charge on any atom is 0.418 e. The molecular weight excluding hydrogens is 521 g/mol. The Labute approximate surface area is 230 Å². The van der Waals surface area contributed by atoms with E-state index in [1.807, 2.05) is 0 Å². The summed E-state index contributed by atoms with van der Waals surface area (Å²) in [5, 5.41) is 5.15. The van der Waals surface area contributed by atoms with Gasteiger partial charge in [0.05, 0.1) is 6.04 Å². The second-order valence-electron chi connectivity index (χ2n) is 10.2. The fraction of sp³-hybridized carbons (Fsp3) is 0.393. The van der Waals surface area contributed by atoms with Gasteiger partial charge in [0.15, 0.2) is 0 Å². The Kier molecular flexibility index (Phi) is 7.17. The minimum atomic E-state index is -1.53. The molecule has 0 saturated carbocycles. The number of nitrogens with one attached hydrogen (secondary N) is 2. The van der Waals surface area contributed by atoms with Crippen molar-refractivity contribution in [3.63, 3.8) is 0 Å². The van der Waals surface area contributed by atoms with E-state index in [1.54, 1.807) is 40.1 Å². The van der Waals surface area contributed by atoms with E-state index in [4.69, 9.17) is 4.74 Å². The minimum absolute atomic E-state index is 0.106. The predicted molar refractivity (Wildman–Crippen MR) is 140 cm³/mol. The van der Waals surface area contributed by atoms with Gasteiger partial charge in [-0.3, -0.25) is 14.4 Å². The normalized spacial score (nSPS) is 21.4. The molecule has 12 heteroatoms. The number of anilines is 1. The Balaban J connectivity index is 1.36. The van der Waals surface area contributed by atoms with Gasteiger partial charge in [-0.2, -0.15) is 0 Å². The summed E-state index contributed by atoms with van der Waals surface area (Å²) < 4.78 is 19.1. The first kappa shape index (κ1) is 27.1. The Morgan fingerprint density at radius 3 is 2.58 bits per heavy atom. The van der Waals surface area contributed by atoms with Crippen molar-refractivity contribution in [3.05, 3.63) is 65.0 Å². The number of hydrogen-bond donors (Lipinski definition) is 2. The number of ether oxygens (including phenoxy) is 1. The average Bonchev–Trinajstić information content (AvgIpc) is 3.62. The van der Waals surface area contributed by atoms with Crippen LogP contribution in [0.3, 0.4) is 0 Å². The van der Waals surface area contributed by atoms with Gasteiger partial charge in [0.25, 0.3) is 5.91 Å². The zero-order valence-electron chi connectivity index (χ0n) is 22.2. The van der Waals surface area contributed by atoms with Crippen LogP contribution in [0.15, 0.2) is 42.5 Å². The smallest absolute Gasteiger partial charge is 0.418 e. The predicted octanol–water partition coefficient (Wildman–Crippen LogP) is 2.35. The molecular formula is C28H30FN5O6. The molecule has 0 unspecified atom stereocenters. The van der Waals surface area contributed by atoms with E-state index in [-0.39, 0.29) is 30.9 Å². The monoisotopic (exact) mass is 551 g/mol. The quantitative estimate of drug-likeness (QED) is 0.567. The van der Waals surface area contributed by atoms with Gasteiger partial charge in [0.1, 0.15) is 12.4 Å². The first-order valence-electron chi connectivity index (χ1n) is 13.1. The van der Waals surface area contributed by atoms with Crippen molar-refractivity contribution in [2.24, 2.45) is 0 Å². The number of benzene rings is 2. The first-order chi connectivity index (χ1) is 19.1. The minimum Gasteiger partial charge on any atom is -0.427 e. The molecule has 2 fully saturated rings. The highest BCUT2D eigenvalue weighted by molar-refractivity contribution is 6.06. The lowest BCUT2D eigenvalue weighted by Gasteiger charge is -2.30. The number of carbonyl (C=O) groups is 5. The Morgan fingerprint density at radius 2 is 1.90 bits per heavy atom. The van der Waals surface area contributed by atoms with Crippen molar-refractivity contribution < 1.29 is 33.1 Å². The number of urea groups is 1. The van der Waals surface area contributed by atoms with Crippen LogP contribution in [-0.4, -0.2) is 77.3 Å². The lowest BCUT2D eigenvalue weighted by molar-refractivity contribution is -0.143. The van der Waals surface area contributed by atoms with E-state index in [2.05, 4.69) is 10.6 Å². The van der Waals surface area contributed by atoms with Crippen molar-refractivity contribution in [3.8, 4) is 0 Å². The Morgan fingerprint density at radius 1 is 1.15 bits per heavy atom. The standard InChI is InChI=1S/C28H30FN5O6/c1-17(35)32-12-10-22(15-32)33(14-18-3-5-20(29)6-4-18)24(36)16-34-25(37)28(40-27(34)39)11-9-19-13-21(7-8-23(19)28)31-26(38)30-2/h3-8,13,22H,9-12,14-16H2,1-2H3,(H2,30,31,38)/t22-,28-/m1/s1. The topological polar surface area (TPSA) is 128 Å². The van der Waals surface area contributed by atoms with Crippen LogP contribution in [0.4, 0.5) is 19.7 Å². The van der Waals surface area contributed by atoms with Crippen molar-refractivity contribution in [2.75, 3.05) is 32.0 Å². The fourth-order valence-electron chi connectivity index (χ4n) is 5.64. The molecule has 1 aliphatic carbocycles. The van der Waals surface area contributed by atoms with Crippen LogP contribution < -0.4 is 10.6 Å². The molecule has 40 heavy (non-hydrogen) atoms. The number of carbonyl (C=O) groups excluding carboxylic acids is 5. The molecule has 1 spiro atoms. The molecule has 2 saturated heterocycles. The van der Waals surface area contributed by atoms with Gasteiger partial charge in [-0.25, -0.2) is 18.9 Å². The molecule has 11 nitrogen and oxygen atoms in total. The number of rotatable bonds is 6. The number of aryl methyl sites for hydroxylation is 1. The third-order valence-electron chi connectivity index (χ3n) is 7.77. The van der Waals surface area contributed by atoms with Gasteiger partial charge in [0, 0.05) is 51.3 Å². The SMILES string of the molecule is CNC(=O)Nc1ccc2c(c1)CC[C@@]21OC(=O)N(CC(=O)N(Cc2ccc(F)cc2)[C@@H]2CCN(C(C)=O)C2)C1=O. The van der Waals surface area contributed by atoms with E-state index in [9.17, 15) is 28.4 Å². The maximum absolute atomic E-state index is 13.7. The molecule has 0 aromatic heterocycles. The molecule has 210 valence electrons. The van der Waals surface area contributed by atoms with Crippen LogP contribution in [-0.2, 0) is 37.7 Å². The zero-order chi connectivity index (χ0) is 28.6. The van der Waals surface area contributed by atoms with E-state index >= 15 is 0 Å². The van der Waals surface area contributed by atoms with E-state index in [1.165, 1.54) is 26.1 Å². The van der Waals surface area contributed by atoms with Crippen LogP contribution in [0.25, 0.3) is 0 Å². The summed E-state index contributed by atoms with van der Waals surface area (Å²) in [7, 11) is 1.50. The second-order valence-corrected chi connectivity index (χ2v) is 10.2. The highest BCUT2D eigenvalue weighted by Gasteiger charge is 2.58. The van der Waals surface area contributed by atoms with Gasteiger partial charge in [-0.05, 0) is 48.2 Å². The zero-order valence-corrected chi connectivity index (χ0v) is 22.2. The summed E-state index contributed by atoms with van der Waals surface area (Å²) in [5.41, 5.74) is 0.967. The lowest BCUT2D eigenvalue weighted by atomic mass is 9.94. The molecule has 2 N–H and O–H groups in total. The van der Waals surface area contributed by atoms with Crippen LogP contribution in [0.1, 0.15) is 36.5 Å². The summed E-state index contributed by atoms with van der Waals surface area (Å²) in [4.78, 5) is 67.9. The summed E-state index contributed by atoms with van der Waals surface area (Å²) in [6.07, 6.45) is 0.293. The van der Waals surface area contributed by atoms with Crippen LogP contribution in [0.5, 0.6) is 0 Å². The number of likely N-dealkylation sites (tertiary alicyclic amines) is 1. The Hall–Kier alpha value is -4.48. The number of imide groups is 1. The largest absolute Gasteiger partial charge is 0.427 e. The van der Waals surface area contributed by atoms with Gasteiger partial charge in [-0.1, -0.05) is 18.2 Å². The fourth-order valence-corrected chi connectivity index (χ4v) is 5.64. The number of amides is 6. The molecule has 2 aromatic rings. The first-order valence-corrected chi connectivity index (χ1v) is 13.1. The van der Waals surface area contributed by atoms with Crippen LogP contribution >= 0.6 is 0 Å². The third kappa shape index (κ3) is 4.96. The highest BCUT2D eigenvalue weighted by atomic mass is 19.1. The maximum atomic E-state index is 13.7. The van der Waals surface area contributed by atoms with E-state index in [0.717, 1.165) is 10.5 Å². The Bertz CT molecular complexity index is 1380. The van der Waals surface area contributed by atoms with E-state index in [0.29, 0.717) is 42.7 Å². The second kappa shape index (κ2) is 10.6. The third-order valence-corrected chi connectivity index (χ3v) is 7.77. The highest BCUT2D eigenvalue weighted by Crippen LogP contribution is 2.46.